The molecule has 0 bridgehead atoms. The highest BCUT2D eigenvalue weighted by Gasteiger charge is 2.22. The Balaban J connectivity index is 0.00000280. The van der Waals surface area contributed by atoms with Crippen LogP contribution in [0.25, 0.3) is 10.9 Å². The summed E-state index contributed by atoms with van der Waals surface area (Å²) < 4.78 is 0. The molecule has 3 aromatic rings. The van der Waals surface area contributed by atoms with E-state index in [9.17, 15) is 5.11 Å². The molecule has 3 rings (SSSR count). The third-order valence-electron chi connectivity index (χ3n) is 4.49. The summed E-state index contributed by atoms with van der Waals surface area (Å²) in [4.78, 5) is 9.08. The monoisotopic (exact) mass is 490 g/mol. The third-order valence-corrected chi connectivity index (χ3v) is 4.49. The number of aliphatic hydroxyl groups is 1. The largest absolute Gasteiger partial charge is 0.384 e. The minimum absolute atomic E-state index is 0. The summed E-state index contributed by atoms with van der Waals surface area (Å²) in [6.07, 6.45) is 1.81. The molecule has 1 aromatic heterocycles. The zero-order valence-corrected chi connectivity index (χ0v) is 18.6. The van der Waals surface area contributed by atoms with Crippen molar-refractivity contribution in [3.8, 4) is 0 Å². The predicted octanol–water partition coefficient (Wildman–Crippen LogP) is 3.82. The average Bonchev–Trinajstić information content (AvgIpc) is 2.71. The van der Waals surface area contributed by atoms with Gasteiger partial charge < -0.3 is 15.7 Å². The van der Waals surface area contributed by atoms with Crippen LogP contribution >= 0.6 is 24.0 Å². The Hall–Kier alpha value is -2.19. The van der Waals surface area contributed by atoms with Crippen LogP contribution in [0.4, 0.5) is 0 Å². The van der Waals surface area contributed by atoms with Crippen molar-refractivity contribution >= 4 is 40.8 Å². The van der Waals surface area contributed by atoms with E-state index in [4.69, 9.17) is 0 Å². The summed E-state index contributed by atoms with van der Waals surface area (Å²) in [6.45, 7) is 5.46. The summed E-state index contributed by atoms with van der Waals surface area (Å²) in [5, 5.41) is 18.4. The molecule has 6 heteroatoms. The van der Waals surface area contributed by atoms with Gasteiger partial charge in [0.25, 0.3) is 0 Å². The van der Waals surface area contributed by atoms with Gasteiger partial charge in [0, 0.05) is 18.1 Å². The van der Waals surface area contributed by atoms with E-state index in [0.717, 1.165) is 28.6 Å². The van der Waals surface area contributed by atoms with Crippen LogP contribution in [-0.4, -0.2) is 29.1 Å². The molecule has 148 valence electrons. The topological polar surface area (TPSA) is 69.5 Å². The second-order valence-corrected chi connectivity index (χ2v) is 6.68. The van der Waals surface area contributed by atoms with Gasteiger partial charge >= 0.3 is 0 Å². The highest BCUT2D eigenvalue weighted by Crippen LogP contribution is 2.19. The highest BCUT2D eigenvalue weighted by molar-refractivity contribution is 14.0. The first kappa shape index (κ1) is 22.1. The predicted molar refractivity (Wildman–Crippen MR) is 126 cm³/mol. The van der Waals surface area contributed by atoms with Crippen molar-refractivity contribution in [2.45, 2.75) is 26.0 Å². The van der Waals surface area contributed by atoms with Crippen molar-refractivity contribution in [1.82, 2.24) is 15.6 Å². The van der Waals surface area contributed by atoms with Gasteiger partial charge in [0.15, 0.2) is 5.96 Å². The SMILES string of the molecule is CCNC(=NCc1ccnc2ccccc12)NCC(C)(O)c1ccccc1.I. The van der Waals surface area contributed by atoms with Crippen LogP contribution in [0, 0.1) is 0 Å². The molecule has 1 heterocycles. The molecule has 0 saturated heterocycles. The van der Waals surface area contributed by atoms with Gasteiger partial charge in [0.05, 0.1) is 18.6 Å². The van der Waals surface area contributed by atoms with Gasteiger partial charge in [-0.05, 0) is 37.1 Å². The zero-order valence-electron chi connectivity index (χ0n) is 16.2. The highest BCUT2D eigenvalue weighted by atomic mass is 127. The fourth-order valence-corrected chi connectivity index (χ4v) is 2.95. The Morgan fingerprint density at radius 1 is 1.04 bits per heavy atom. The quantitative estimate of drug-likeness (QED) is 0.279. The zero-order chi connectivity index (χ0) is 19.1. The Bertz CT molecular complexity index is 907. The van der Waals surface area contributed by atoms with Crippen molar-refractivity contribution in [2.24, 2.45) is 4.99 Å². The van der Waals surface area contributed by atoms with E-state index in [-0.39, 0.29) is 24.0 Å². The van der Waals surface area contributed by atoms with E-state index < -0.39 is 5.60 Å². The van der Waals surface area contributed by atoms with E-state index in [1.54, 1.807) is 6.92 Å². The van der Waals surface area contributed by atoms with Gasteiger partial charge in [0.1, 0.15) is 5.60 Å². The molecule has 0 aliphatic rings. The van der Waals surface area contributed by atoms with Crippen molar-refractivity contribution in [1.29, 1.82) is 0 Å². The number of halogens is 1. The molecular weight excluding hydrogens is 463 g/mol. The summed E-state index contributed by atoms with van der Waals surface area (Å²) in [7, 11) is 0. The molecule has 5 nitrogen and oxygen atoms in total. The van der Waals surface area contributed by atoms with Crippen LogP contribution in [0.2, 0.25) is 0 Å². The molecule has 0 amide bonds. The molecule has 2 aromatic carbocycles. The lowest BCUT2D eigenvalue weighted by atomic mass is 9.96. The van der Waals surface area contributed by atoms with Crippen molar-refractivity contribution in [3.05, 3.63) is 78.0 Å². The van der Waals surface area contributed by atoms with Gasteiger partial charge in [-0.1, -0.05) is 48.5 Å². The molecule has 28 heavy (non-hydrogen) atoms. The number of benzene rings is 2. The molecule has 0 aliphatic carbocycles. The normalized spacial score (nSPS) is 13.5. The van der Waals surface area contributed by atoms with E-state index in [1.807, 2.05) is 67.7 Å². The average molecular weight is 490 g/mol. The van der Waals surface area contributed by atoms with Gasteiger partial charge in [-0.2, -0.15) is 0 Å². The maximum Gasteiger partial charge on any atom is 0.191 e. The van der Waals surface area contributed by atoms with Crippen LogP contribution < -0.4 is 10.6 Å². The minimum atomic E-state index is -0.985. The van der Waals surface area contributed by atoms with Crippen LogP contribution in [0.3, 0.4) is 0 Å². The van der Waals surface area contributed by atoms with Crippen molar-refractivity contribution in [2.75, 3.05) is 13.1 Å². The van der Waals surface area contributed by atoms with Gasteiger partial charge in [0.2, 0.25) is 0 Å². The second kappa shape index (κ2) is 10.4. The lowest BCUT2D eigenvalue weighted by Gasteiger charge is -2.25. The number of nitrogens with one attached hydrogen (secondary N) is 2. The fraction of sp³-hybridized carbons (Fsp3) is 0.273. The van der Waals surface area contributed by atoms with E-state index in [1.165, 1.54) is 0 Å². The molecule has 0 spiro atoms. The fourth-order valence-electron chi connectivity index (χ4n) is 2.95. The number of para-hydroxylation sites is 1. The number of nitrogens with zero attached hydrogens (tertiary/aromatic N) is 2. The smallest absolute Gasteiger partial charge is 0.191 e. The number of hydrogen-bond acceptors (Lipinski definition) is 3. The lowest BCUT2D eigenvalue weighted by Crippen LogP contribution is -2.44. The summed E-state index contributed by atoms with van der Waals surface area (Å²) in [5.74, 6) is 0.676. The van der Waals surface area contributed by atoms with E-state index >= 15 is 0 Å². The number of guanidine groups is 1. The Morgan fingerprint density at radius 3 is 2.50 bits per heavy atom. The Morgan fingerprint density at radius 2 is 1.75 bits per heavy atom. The summed E-state index contributed by atoms with van der Waals surface area (Å²) in [6, 6.07) is 19.7. The number of aromatic nitrogens is 1. The molecule has 1 unspecified atom stereocenters. The van der Waals surface area contributed by atoms with Crippen LogP contribution in [-0.2, 0) is 12.1 Å². The van der Waals surface area contributed by atoms with Crippen LogP contribution in [0.1, 0.15) is 25.0 Å². The second-order valence-electron chi connectivity index (χ2n) is 6.68. The first-order valence-electron chi connectivity index (χ1n) is 9.23. The number of hydrogen-bond donors (Lipinski definition) is 3. The van der Waals surface area contributed by atoms with Crippen LogP contribution in [0.5, 0.6) is 0 Å². The van der Waals surface area contributed by atoms with Gasteiger partial charge in [-0.15, -0.1) is 24.0 Å². The van der Waals surface area contributed by atoms with E-state index in [0.29, 0.717) is 19.0 Å². The summed E-state index contributed by atoms with van der Waals surface area (Å²) in [5.41, 5.74) is 1.97. The number of rotatable bonds is 6. The number of aliphatic imine (C=N–C) groups is 1. The minimum Gasteiger partial charge on any atom is -0.384 e. The third kappa shape index (κ3) is 5.65. The van der Waals surface area contributed by atoms with Gasteiger partial charge in [-0.3, -0.25) is 4.98 Å². The Labute approximate surface area is 183 Å². The van der Waals surface area contributed by atoms with Crippen molar-refractivity contribution in [3.63, 3.8) is 0 Å². The Kier molecular flexibility index (Phi) is 8.19. The van der Waals surface area contributed by atoms with Gasteiger partial charge in [-0.25, -0.2) is 4.99 Å². The van der Waals surface area contributed by atoms with Crippen molar-refractivity contribution < 1.29 is 5.11 Å². The number of fused-ring (bicyclic) bond motifs is 1. The molecule has 1 atom stereocenters. The molecule has 3 N–H and O–H groups in total. The molecule has 0 saturated carbocycles. The summed E-state index contributed by atoms with van der Waals surface area (Å²) >= 11 is 0. The van der Waals surface area contributed by atoms with E-state index in [2.05, 4.69) is 26.7 Å². The lowest BCUT2D eigenvalue weighted by molar-refractivity contribution is 0.0617. The maximum absolute atomic E-state index is 10.8. The molecule has 0 fully saturated rings. The standard InChI is InChI=1S/C22H26N4O.HI/c1-3-23-21(26-16-22(2,27)18-9-5-4-6-10-18)25-15-17-13-14-24-20-12-8-7-11-19(17)20;/h4-14,27H,3,15-16H2,1-2H3,(H2,23,25,26);1H. The van der Waals surface area contributed by atoms with Crippen LogP contribution in [0.15, 0.2) is 71.9 Å². The first-order chi connectivity index (χ1) is 13.1. The molecule has 0 aliphatic heterocycles. The maximum atomic E-state index is 10.8. The first-order valence-corrected chi connectivity index (χ1v) is 9.23. The number of pyridine rings is 1. The molecular formula is C22H27IN4O. The molecule has 0 radical (unpaired) electrons.